The van der Waals surface area contributed by atoms with Crippen LogP contribution in [-0.4, -0.2) is 38.2 Å². The van der Waals surface area contributed by atoms with Crippen LogP contribution in [-0.2, 0) is 29.9 Å². The minimum Gasteiger partial charge on any atom is -0.478 e. The molecule has 9 nitrogen and oxygen atoms in total. The fraction of sp³-hybridized carbons (Fsp3) is 0.167. The van der Waals surface area contributed by atoms with Crippen LogP contribution in [0.25, 0.3) is 21.1 Å². The first-order valence-electron chi connectivity index (χ1n) is 10.7. The number of carboxylic acid groups (broad SMARTS) is 1. The quantitative estimate of drug-likeness (QED) is 0.373. The number of nitrogens with zero attached hydrogens (tertiary/aromatic N) is 4. The third-order valence-electron chi connectivity index (χ3n) is 5.84. The Hall–Kier alpha value is -3.83. The highest BCUT2D eigenvalue weighted by Gasteiger charge is 2.27. The Labute approximate surface area is 204 Å². The molecule has 0 aliphatic heterocycles. The van der Waals surface area contributed by atoms with E-state index in [1.54, 1.807) is 30.3 Å². The number of thiophene rings is 1. The maximum atomic E-state index is 13.4. The minimum absolute atomic E-state index is 0.0709. The fourth-order valence-corrected chi connectivity index (χ4v) is 6.93. The lowest BCUT2D eigenvalue weighted by Crippen LogP contribution is -2.22. The van der Waals surface area contributed by atoms with Gasteiger partial charge in [0.25, 0.3) is 15.6 Å². The third kappa shape index (κ3) is 3.63. The highest BCUT2D eigenvalue weighted by molar-refractivity contribution is 7.90. The number of rotatable bonds is 6. The smallest absolute Gasteiger partial charge is 0.337 e. The van der Waals surface area contributed by atoms with Crippen LogP contribution in [0.2, 0.25) is 0 Å². The van der Waals surface area contributed by atoms with Crippen molar-refractivity contribution < 1.29 is 18.3 Å². The van der Waals surface area contributed by atoms with E-state index in [4.69, 9.17) is 0 Å². The second-order valence-electron chi connectivity index (χ2n) is 7.96. The molecule has 0 atom stereocenters. The van der Waals surface area contributed by atoms with Crippen molar-refractivity contribution in [1.29, 1.82) is 0 Å². The number of carboxylic acids is 1. The molecule has 5 aromatic rings. The summed E-state index contributed by atoms with van der Waals surface area (Å²) < 4.78 is 29.6. The van der Waals surface area contributed by atoms with Crippen LogP contribution in [0, 0.1) is 0 Å². The number of aromatic carboxylic acids is 1. The monoisotopic (exact) mass is 508 g/mol. The maximum absolute atomic E-state index is 13.4. The Bertz CT molecular complexity index is 1780. The van der Waals surface area contributed by atoms with Gasteiger partial charge in [-0.15, -0.1) is 11.3 Å². The lowest BCUT2D eigenvalue weighted by Gasteiger charge is -2.06. The van der Waals surface area contributed by atoms with E-state index in [-0.39, 0.29) is 27.9 Å². The number of carbonyl (C=O) groups is 1. The number of pyridine rings is 1. The molecule has 4 aromatic heterocycles. The lowest BCUT2D eigenvalue weighted by molar-refractivity contribution is 0.0698. The standard InChI is InChI=1S/C24H20N4O5S2/c1-3-17-21-20(23(29)27(2)26-17)19(24(30)31)18(34-21)12-14-13-28(22-16(14)10-7-11-25-22)35(32,33)15-8-5-4-6-9-15/h4-11,13H,3,12H2,1-2H3,(H,30,31). The summed E-state index contributed by atoms with van der Waals surface area (Å²) in [7, 11) is -2.44. The molecule has 0 saturated carbocycles. The van der Waals surface area contributed by atoms with Gasteiger partial charge in [0.1, 0.15) is 0 Å². The van der Waals surface area contributed by atoms with Crippen molar-refractivity contribution in [1.82, 2.24) is 18.7 Å². The Morgan fingerprint density at radius 3 is 2.57 bits per heavy atom. The normalized spacial score (nSPS) is 11.9. The highest BCUT2D eigenvalue weighted by atomic mass is 32.2. The van der Waals surface area contributed by atoms with Gasteiger partial charge in [-0.2, -0.15) is 5.10 Å². The van der Waals surface area contributed by atoms with Gasteiger partial charge in [-0.25, -0.2) is 26.9 Å². The summed E-state index contributed by atoms with van der Waals surface area (Å²) >= 11 is 1.21. The summed E-state index contributed by atoms with van der Waals surface area (Å²) in [5, 5.41) is 15.0. The van der Waals surface area contributed by atoms with Crippen LogP contribution < -0.4 is 5.56 Å². The minimum atomic E-state index is -3.93. The molecule has 0 unspecified atom stereocenters. The van der Waals surface area contributed by atoms with E-state index in [0.717, 1.165) is 8.65 Å². The number of aryl methyl sites for hydroxylation is 2. The molecule has 0 fully saturated rings. The van der Waals surface area contributed by atoms with Gasteiger partial charge in [-0.1, -0.05) is 25.1 Å². The first kappa shape index (κ1) is 22.9. The van der Waals surface area contributed by atoms with E-state index >= 15 is 0 Å². The van der Waals surface area contributed by atoms with Crippen LogP contribution in [0.3, 0.4) is 0 Å². The maximum Gasteiger partial charge on any atom is 0.337 e. The first-order valence-corrected chi connectivity index (χ1v) is 13.0. The summed E-state index contributed by atoms with van der Waals surface area (Å²) in [6.45, 7) is 1.89. The van der Waals surface area contributed by atoms with Gasteiger partial charge in [-0.05, 0) is 36.2 Å². The van der Waals surface area contributed by atoms with Gasteiger partial charge < -0.3 is 5.11 Å². The Kier molecular flexibility index (Phi) is 5.53. The summed E-state index contributed by atoms with van der Waals surface area (Å²) in [5.74, 6) is -1.21. The second kappa shape index (κ2) is 8.43. The van der Waals surface area contributed by atoms with Gasteiger partial charge in [0.15, 0.2) is 5.65 Å². The molecule has 0 radical (unpaired) electrons. The molecule has 4 heterocycles. The van der Waals surface area contributed by atoms with Crippen LogP contribution in [0.15, 0.2) is 64.5 Å². The molecule has 0 aliphatic carbocycles. The first-order chi connectivity index (χ1) is 16.7. The fourth-order valence-electron chi connectivity index (χ4n) is 4.20. The predicted molar refractivity (Wildman–Crippen MR) is 133 cm³/mol. The molecule has 35 heavy (non-hydrogen) atoms. The largest absolute Gasteiger partial charge is 0.478 e. The van der Waals surface area contributed by atoms with Gasteiger partial charge in [0.05, 0.1) is 26.2 Å². The van der Waals surface area contributed by atoms with Crippen molar-refractivity contribution in [3.8, 4) is 0 Å². The molecule has 0 amide bonds. The number of aromatic nitrogens is 4. The summed E-state index contributed by atoms with van der Waals surface area (Å²) in [6.07, 6.45) is 3.64. The van der Waals surface area contributed by atoms with Crippen LogP contribution >= 0.6 is 11.3 Å². The predicted octanol–water partition coefficient (Wildman–Crippen LogP) is 3.43. The molecule has 0 spiro atoms. The van der Waals surface area contributed by atoms with E-state index in [2.05, 4.69) is 10.1 Å². The van der Waals surface area contributed by atoms with Crippen LogP contribution in [0.5, 0.6) is 0 Å². The lowest BCUT2D eigenvalue weighted by atomic mass is 10.1. The van der Waals surface area contributed by atoms with E-state index in [9.17, 15) is 23.1 Å². The number of fused-ring (bicyclic) bond motifs is 2. The molecule has 0 bridgehead atoms. The molecule has 0 saturated heterocycles. The average Bonchev–Trinajstić information content (AvgIpc) is 3.42. The molecule has 1 N–H and O–H groups in total. The Balaban J connectivity index is 1.74. The zero-order chi connectivity index (χ0) is 24.9. The van der Waals surface area contributed by atoms with E-state index in [0.29, 0.717) is 32.6 Å². The van der Waals surface area contributed by atoms with E-state index < -0.39 is 21.6 Å². The third-order valence-corrected chi connectivity index (χ3v) is 8.74. The van der Waals surface area contributed by atoms with Crippen molar-refractivity contribution in [3.05, 3.63) is 86.9 Å². The van der Waals surface area contributed by atoms with E-state index in [1.807, 2.05) is 6.92 Å². The van der Waals surface area contributed by atoms with Crippen molar-refractivity contribution in [2.24, 2.45) is 7.05 Å². The average molecular weight is 509 g/mol. The Morgan fingerprint density at radius 1 is 1.14 bits per heavy atom. The molecular formula is C24H20N4O5S2. The number of hydrogen-bond donors (Lipinski definition) is 1. The number of benzene rings is 1. The highest BCUT2D eigenvalue weighted by Crippen LogP contribution is 2.35. The molecule has 11 heteroatoms. The zero-order valence-corrected chi connectivity index (χ0v) is 20.4. The molecule has 178 valence electrons. The SMILES string of the molecule is CCc1nn(C)c(=O)c2c(C(=O)O)c(Cc3cn(S(=O)(=O)c4ccccc4)c4ncccc34)sc12. The van der Waals surface area contributed by atoms with Crippen molar-refractivity contribution in [2.45, 2.75) is 24.7 Å². The zero-order valence-electron chi connectivity index (χ0n) is 18.8. The van der Waals surface area contributed by atoms with E-state index in [1.165, 1.54) is 42.9 Å². The van der Waals surface area contributed by atoms with Crippen molar-refractivity contribution in [3.63, 3.8) is 0 Å². The van der Waals surface area contributed by atoms with Gasteiger partial charge >= 0.3 is 5.97 Å². The molecule has 0 aliphatic rings. The van der Waals surface area contributed by atoms with Crippen LogP contribution in [0.1, 0.15) is 33.4 Å². The Morgan fingerprint density at radius 2 is 1.89 bits per heavy atom. The molecule has 1 aromatic carbocycles. The molecular weight excluding hydrogens is 488 g/mol. The number of hydrogen-bond acceptors (Lipinski definition) is 7. The summed E-state index contributed by atoms with van der Waals surface area (Å²) in [6, 6.07) is 11.5. The second-order valence-corrected chi connectivity index (χ2v) is 10.9. The van der Waals surface area contributed by atoms with Gasteiger partial charge in [-0.3, -0.25) is 4.79 Å². The summed E-state index contributed by atoms with van der Waals surface area (Å²) in [4.78, 5) is 30.0. The topological polar surface area (TPSA) is 124 Å². The van der Waals surface area contributed by atoms with Gasteiger partial charge in [0.2, 0.25) is 0 Å². The van der Waals surface area contributed by atoms with Gasteiger partial charge in [0, 0.05) is 36.1 Å². The van der Waals surface area contributed by atoms with Crippen LogP contribution in [0.4, 0.5) is 0 Å². The van der Waals surface area contributed by atoms with Crippen molar-refractivity contribution >= 4 is 48.4 Å². The summed E-state index contributed by atoms with van der Waals surface area (Å²) in [5.41, 5.74) is 0.920. The van der Waals surface area contributed by atoms with Crippen molar-refractivity contribution in [2.75, 3.05) is 0 Å². The molecule has 5 rings (SSSR count).